The maximum absolute atomic E-state index is 14.0. The minimum Gasteiger partial charge on any atom is -0.504 e. The van der Waals surface area contributed by atoms with E-state index in [1.54, 1.807) is 25.5 Å². The van der Waals surface area contributed by atoms with Gasteiger partial charge >= 0.3 is 5.97 Å². The van der Waals surface area contributed by atoms with Gasteiger partial charge in [-0.15, -0.1) is 13.2 Å². The molecule has 38 heavy (non-hydrogen) atoms. The van der Waals surface area contributed by atoms with Crippen molar-refractivity contribution in [3.05, 3.63) is 59.6 Å². The van der Waals surface area contributed by atoms with E-state index in [4.69, 9.17) is 9.47 Å². The van der Waals surface area contributed by atoms with Gasteiger partial charge in [0, 0.05) is 92.0 Å². The van der Waals surface area contributed by atoms with Crippen LogP contribution in [0.3, 0.4) is 0 Å². The van der Waals surface area contributed by atoms with Crippen molar-refractivity contribution in [2.24, 2.45) is 22.7 Å². The number of esters is 1. The van der Waals surface area contributed by atoms with E-state index in [1.165, 1.54) is 6.92 Å². The molecule has 0 unspecified atom stereocenters. The van der Waals surface area contributed by atoms with Gasteiger partial charge in [-0.2, -0.15) is 0 Å². The molecule has 0 aromatic rings. The molecule has 4 rings (SSSR count). The molecule has 4 aliphatic rings. The highest BCUT2D eigenvalue weighted by molar-refractivity contribution is 6.14. The number of ketones is 3. The summed E-state index contributed by atoms with van der Waals surface area (Å²) in [5.41, 5.74) is -0.538. The number of carbonyl (C=O) groups is 4. The van der Waals surface area contributed by atoms with Gasteiger partial charge in [-0.3, -0.25) is 19.2 Å². The summed E-state index contributed by atoms with van der Waals surface area (Å²) in [7, 11) is 1.54. The molecule has 0 aromatic carbocycles. The lowest BCUT2D eigenvalue weighted by atomic mass is 9.50. The molecule has 1 N–H and O–H groups in total. The third-order valence-corrected chi connectivity index (χ3v) is 8.94. The molecule has 8 heteroatoms. The molecule has 0 saturated heterocycles. The standard InChI is InChI=1S/C30H37NO7/c1-7-11-31(12-8-2)15-19-21(33)13-18(16-37-6)30(5)25(19)28(36)27(35)24-20-9-10-23(34)29(20,4)14-22(26(24)30)38-17(3)32/h7-8,15,18,20,22,36H,1-2,9-14,16H2,3-6H3/b19-15-/t18-,20+,22-,29+,30+/m1/s1. The van der Waals surface area contributed by atoms with Crippen LogP contribution < -0.4 is 0 Å². The number of methoxy groups -OCH3 is 1. The Bertz CT molecular complexity index is 1200. The van der Waals surface area contributed by atoms with Gasteiger partial charge in [-0.05, 0) is 12.0 Å². The fraction of sp³-hybridized carbons (Fsp3) is 0.533. The van der Waals surface area contributed by atoms with E-state index in [9.17, 15) is 24.3 Å². The van der Waals surface area contributed by atoms with Gasteiger partial charge < -0.3 is 19.5 Å². The summed E-state index contributed by atoms with van der Waals surface area (Å²) < 4.78 is 11.4. The van der Waals surface area contributed by atoms with E-state index in [2.05, 4.69) is 13.2 Å². The van der Waals surface area contributed by atoms with Crippen LogP contribution in [0.25, 0.3) is 0 Å². The molecule has 0 spiro atoms. The van der Waals surface area contributed by atoms with E-state index in [0.717, 1.165) is 0 Å². The van der Waals surface area contributed by atoms with Gasteiger partial charge in [-0.1, -0.05) is 26.0 Å². The van der Waals surface area contributed by atoms with Crippen molar-refractivity contribution in [1.82, 2.24) is 4.90 Å². The zero-order valence-corrected chi connectivity index (χ0v) is 22.7. The highest BCUT2D eigenvalue weighted by Crippen LogP contribution is 2.63. The van der Waals surface area contributed by atoms with E-state index in [0.29, 0.717) is 37.1 Å². The lowest BCUT2D eigenvalue weighted by Crippen LogP contribution is -2.54. The number of Topliss-reactive ketones (excluding diaryl/α,β-unsaturated/α-hetero) is 3. The van der Waals surface area contributed by atoms with Crippen LogP contribution in [-0.4, -0.2) is 66.2 Å². The first kappa shape index (κ1) is 27.8. The number of ether oxygens (including phenoxy) is 2. The van der Waals surface area contributed by atoms with E-state index in [1.807, 2.05) is 18.7 Å². The van der Waals surface area contributed by atoms with Crippen LogP contribution >= 0.6 is 0 Å². The number of aliphatic hydroxyl groups excluding tert-OH is 1. The van der Waals surface area contributed by atoms with E-state index in [-0.39, 0.29) is 42.2 Å². The molecular weight excluding hydrogens is 486 g/mol. The minimum absolute atomic E-state index is 0.0239. The molecular formula is C30H37NO7. The number of hydrogen-bond donors (Lipinski definition) is 1. The third-order valence-electron chi connectivity index (χ3n) is 8.94. The van der Waals surface area contributed by atoms with Crippen LogP contribution in [0.4, 0.5) is 0 Å². The van der Waals surface area contributed by atoms with Gasteiger partial charge in [0.25, 0.3) is 0 Å². The van der Waals surface area contributed by atoms with Crippen LogP contribution in [-0.2, 0) is 28.7 Å². The normalized spacial score (nSPS) is 33.6. The van der Waals surface area contributed by atoms with Gasteiger partial charge in [-0.25, -0.2) is 0 Å². The molecule has 2 fully saturated rings. The smallest absolute Gasteiger partial charge is 0.303 e. The van der Waals surface area contributed by atoms with Crippen molar-refractivity contribution >= 4 is 23.3 Å². The number of rotatable bonds is 8. The number of nitrogens with zero attached hydrogens (tertiary/aromatic N) is 1. The van der Waals surface area contributed by atoms with Crippen molar-refractivity contribution in [3.63, 3.8) is 0 Å². The maximum Gasteiger partial charge on any atom is 0.303 e. The zero-order valence-electron chi connectivity index (χ0n) is 22.7. The van der Waals surface area contributed by atoms with Crippen molar-refractivity contribution < 1.29 is 33.8 Å². The Labute approximate surface area is 223 Å². The lowest BCUT2D eigenvalue weighted by Gasteiger charge is -2.54. The Kier molecular flexibility index (Phi) is 7.40. The molecule has 2 saturated carbocycles. The molecule has 0 aliphatic heterocycles. The molecule has 0 heterocycles. The van der Waals surface area contributed by atoms with Crippen molar-refractivity contribution in [2.45, 2.75) is 52.6 Å². The van der Waals surface area contributed by atoms with Crippen LogP contribution in [0.2, 0.25) is 0 Å². The largest absolute Gasteiger partial charge is 0.504 e. The first-order valence-corrected chi connectivity index (χ1v) is 13.1. The molecule has 0 radical (unpaired) electrons. The molecule has 0 bridgehead atoms. The monoisotopic (exact) mass is 523 g/mol. The van der Waals surface area contributed by atoms with Crippen molar-refractivity contribution in [3.8, 4) is 0 Å². The average molecular weight is 524 g/mol. The van der Waals surface area contributed by atoms with Crippen molar-refractivity contribution in [2.75, 3.05) is 26.8 Å². The molecule has 8 nitrogen and oxygen atoms in total. The number of hydrogen-bond acceptors (Lipinski definition) is 8. The second-order valence-electron chi connectivity index (χ2n) is 11.2. The van der Waals surface area contributed by atoms with Gasteiger partial charge in [0.05, 0.1) is 6.61 Å². The first-order chi connectivity index (χ1) is 17.9. The number of carbonyl (C=O) groups excluding carboxylic acids is 4. The Morgan fingerprint density at radius 1 is 1.18 bits per heavy atom. The minimum atomic E-state index is -1.05. The number of allylic oxidation sites excluding steroid dienone is 3. The van der Waals surface area contributed by atoms with Crippen LogP contribution in [0.1, 0.15) is 46.5 Å². The summed E-state index contributed by atoms with van der Waals surface area (Å²) in [5.74, 6) is -2.66. The predicted octanol–water partition coefficient (Wildman–Crippen LogP) is 3.80. The van der Waals surface area contributed by atoms with Crippen LogP contribution in [0, 0.1) is 22.7 Å². The molecule has 0 aromatic heterocycles. The van der Waals surface area contributed by atoms with E-state index < -0.39 is 46.3 Å². The fourth-order valence-corrected chi connectivity index (χ4v) is 7.22. The third kappa shape index (κ3) is 4.10. The Morgan fingerprint density at radius 3 is 2.42 bits per heavy atom. The second-order valence-corrected chi connectivity index (χ2v) is 11.2. The molecule has 0 amide bonds. The first-order valence-electron chi connectivity index (χ1n) is 13.1. The summed E-state index contributed by atoms with van der Waals surface area (Å²) in [4.78, 5) is 54.7. The average Bonchev–Trinajstić information content (AvgIpc) is 3.13. The molecule has 4 aliphatic carbocycles. The summed E-state index contributed by atoms with van der Waals surface area (Å²) in [5, 5.41) is 11.6. The summed E-state index contributed by atoms with van der Waals surface area (Å²) in [6.45, 7) is 13.6. The highest BCUT2D eigenvalue weighted by atomic mass is 16.5. The summed E-state index contributed by atoms with van der Waals surface area (Å²) >= 11 is 0. The maximum atomic E-state index is 14.0. The predicted molar refractivity (Wildman–Crippen MR) is 141 cm³/mol. The number of aliphatic hydroxyl groups is 1. The topological polar surface area (TPSA) is 110 Å². The van der Waals surface area contributed by atoms with Gasteiger partial charge in [0.2, 0.25) is 5.78 Å². The summed E-state index contributed by atoms with van der Waals surface area (Å²) in [6, 6.07) is 0. The Balaban J connectivity index is 2.02. The SMILES string of the molecule is C=CCN(/C=C1/C(=O)C[C@H](COC)[C@@]2(C)C1=C(O)C(=O)C1=C2[C@H](OC(C)=O)C[C@]2(C)C(=O)CC[C@@H]12)CC=C. The fourth-order valence-electron chi connectivity index (χ4n) is 7.22. The lowest BCUT2D eigenvalue weighted by molar-refractivity contribution is -0.150. The summed E-state index contributed by atoms with van der Waals surface area (Å²) in [6.07, 6.45) is 5.34. The Hall–Kier alpha value is -3.26. The highest BCUT2D eigenvalue weighted by Gasteiger charge is 2.63. The molecule has 204 valence electrons. The van der Waals surface area contributed by atoms with Gasteiger partial charge in [0.1, 0.15) is 11.9 Å². The van der Waals surface area contributed by atoms with Crippen molar-refractivity contribution in [1.29, 1.82) is 0 Å². The second kappa shape index (κ2) is 10.1. The zero-order chi connectivity index (χ0) is 28.0. The van der Waals surface area contributed by atoms with E-state index >= 15 is 0 Å². The van der Waals surface area contributed by atoms with Crippen LogP contribution in [0.5, 0.6) is 0 Å². The van der Waals surface area contributed by atoms with Crippen LogP contribution in [0.15, 0.2) is 59.6 Å². The Morgan fingerprint density at radius 2 is 1.84 bits per heavy atom. The quantitative estimate of drug-likeness (QED) is 0.291. The molecule has 5 atom stereocenters. The van der Waals surface area contributed by atoms with Gasteiger partial charge in [0.15, 0.2) is 11.5 Å². The number of fused-ring (bicyclic) bond motifs is 4.